The molecule has 0 saturated carbocycles. The molecule has 0 saturated heterocycles. The van der Waals surface area contributed by atoms with Crippen LogP contribution >= 0.6 is 0 Å². The summed E-state index contributed by atoms with van der Waals surface area (Å²) in [5, 5.41) is 8.88. The van der Waals surface area contributed by atoms with Crippen LogP contribution in [0.3, 0.4) is 0 Å². The van der Waals surface area contributed by atoms with Gasteiger partial charge in [0, 0.05) is 13.6 Å². The first kappa shape index (κ1) is 13.1. The fraction of sp³-hybridized carbons (Fsp3) is 0.400. The van der Waals surface area contributed by atoms with Gasteiger partial charge in [0.25, 0.3) is 0 Å². The zero-order valence-corrected chi connectivity index (χ0v) is 9.96. The minimum atomic E-state index is -3.81. The summed E-state index contributed by atoms with van der Waals surface area (Å²) in [6.45, 7) is 1.59. The number of benzene rings is 1. The maximum atomic E-state index is 13.4. The molecule has 0 heterocycles. The van der Waals surface area contributed by atoms with Crippen molar-refractivity contribution in [3.05, 3.63) is 29.6 Å². The lowest BCUT2D eigenvalue weighted by Gasteiger charge is -2.15. The van der Waals surface area contributed by atoms with E-state index in [0.717, 1.165) is 16.4 Å². The molecular formula is C10H14FNO3S. The Bertz CT molecular complexity index is 473. The van der Waals surface area contributed by atoms with Gasteiger partial charge in [0.15, 0.2) is 0 Å². The molecule has 0 aliphatic heterocycles. The van der Waals surface area contributed by atoms with Gasteiger partial charge in [0.2, 0.25) is 10.0 Å². The lowest BCUT2D eigenvalue weighted by Crippen LogP contribution is -2.27. The van der Waals surface area contributed by atoms with Crippen LogP contribution in [-0.2, 0) is 16.6 Å². The van der Waals surface area contributed by atoms with E-state index < -0.39 is 20.7 Å². The van der Waals surface area contributed by atoms with Gasteiger partial charge in [0.05, 0.1) is 6.61 Å². The average molecular weight is 247 g/mol. The highest BCUT2D eigenvalue weighted by atomic mass is 32.2. The molecule has 16 heavy (non-hydrogen) atoms. The molecule has 0 aliphatic rings. The summed E-state index contributed by atoms with van der Waals surface area (Å²) in [6, 6.07) is 3.54. The predicted molar refractivity (Wildman–Crippen MR) is 57.8 cm³/mol. The standard InChI is InChI=1S/C10H14FNO3S/c1-3-12(2)16(14,15)10-6-8(7-13)4-5-9(10)11/h4-6,13H,3,7H2,1-2H3. The molecule has 0 atom stereocenters. The number of rotatable bonds is 4. The molecule has 0 amide bonds. The quantitative estimate of drug-likeness (QED) is 0.862. The minimum Gasteiger partial charge on any atom is -0.392 e. The summed E-state index contributed by atoms with van der Waals surface area (Å²) in [5.41, 5.74) is 0.365. The Morgan fingerprint density at radius 3 is 2.56 bits per heavy atom. The Hall–Kier alpha value is -0.980. The van der Waals surface area contributed by atoms with Crippen LogP contribution < -0.4 is 0 Å². The van der Waals surface area contributed by atoms with Crippen molar-refractivity contribution in [3.63, 3.8) is 0 Å². The van der Waals surface area contributed by atoms with E-state index in [0.29, 0.717) is 5.56 Å². The third-order valence-corrected chi connectivity index (χ3v) is 4.26. The van der Waals surface area contributed by atoms with E-state index >= 15 is 0 Å². The van der Waals surface area contributed by atoms with Gasteiger partial charge >= 0.3 is 0 Å². The lowest BCUT2D eigenvalue weighted by molar-refractivity contribution is 0.281. The van der Waals surface area contributed by atoms with Gasteiger partial charge in [0.1, 0.15) is 10.7 Å². The molecule has 6 heteroatoms. The van der Waals surface area contributed by atoms with Crippen LogP contribution in [0.25, 0.3) is 0 Å². The number of hydrogen-bond acceptors (Lipinski definition) is 3. The normalized spacial score (nSPS) is 12.1. The molecule has 0 aliphatic carbocycles. The maximum Gasteiger partial charge on any atom is 0.245 e. The zero-order valence-electron chi connectivity index (χ0n) is 9.14. The van der Waals surface area contributed by atoms with Gasteiger partial charge in [-0.05, 0) is 17.7 Å². The molecule has 0 bridgehead atoms. The van der Waals surface area contributed by atoms with E-state index in [4.69, 9.17) is 5.11 Å². The molecule has 90 valence electrons. The smallest absolute Gasteiger partial charge is 0.245 e. The van der Waals surface area contributed by atoms with E-state index in [-0.39, 0.29) is 13.2 Å². The van der Waals surface area contributed by atoms with Gasteiger partial charge in [-0.1, -0.05) is 13.0 Å². The lowest BCUT2D eigenvalue weighted by atomic mass is 10.2. The monoisotopic (exact) mass is 247 g/mol. The first-order chi connectivity index (χ1) is 7.43. The number of aliphatic hydroxyl groups excluding tert-OH is 1. The topological polar surface area (TPSA) is 57.6 Å². The summed E-state index contributed by atoms with van der Waals surface area (Å²) >= 11 is 0. The van der Waals surface area contributed by atoms with Crippen LogP contribution in [0.1, 0.15) is 12.5 Å². The second kappa shape index (κ2) is 4.90. The first-order valence-electron chi connectivity index (χ1n) is 4.79. The maximum absolute atomic E-state index is 13.4. The zero-order chi connectivity index (χ0) is 12.3. The highest BCUT2D eigenvalue weighted by Crippen LogP contribution is 2.19. The largest absolute Gasteiger partial charge is 0.392 e. The third kappa shape index (κ3) is 2.40. The second-order valence-corrected chi connectivity index (χ2v) is 5.36. The van der Waals surface area contributed by atoms with Gasteiger partial charge in [-0.15, -0.1) is 0 Å². The van der Waals surface area contributed by atoms with Crippen molar-refractivity contribution in [2.24, 2.45) is 0 Å². The fourth-order valence-corrected chi connectivity index (χ4v) is 2.47. The molecule has 0 unspecified atom stereocenters. The Labute approximate surface area is 94.4 Å². The average Bonchev–Trinajstić information content (AvgIpc) is 2.28. The van der Waals surface area contributed by atoms with Crippen molar-refractivity contribution in [3.8, 4) is 0 Å². The van der Waals surface area contributed by atoms with Crippen LogP contribution in [0, 0.1) is 5.82 Å². The highest BCUT2D eigenvalue weighted by molar-refractivity contribution is 7.89. The van der Waals surface area contributed by atoms with Crippen molar-refractivity contribution in [1.29, 1.82) is 0 Å². The summed E-state index contributed by atoms with van der Waals surface area (Å²) in [4.78, 5) is -0.400. The molecule has 0 fully saturated rings. The molecular weight excluding hydrogens is 233 g/mol. The van der Waals surface area contributed by atoms with Crippen molar-refractivity contribution < 1.29 is 17.9 Å². The van der Waals surface area contributed by atoms with Crippen molar-refractivity contribution in [2.75, 3.05) is 13.6 Å². The van der Waals surface area contributed by atoms with Crippen LogP contribution in [0.2, 0.25) is 0 Å². The van der Waals surface area contributed by atoms with Gasteiger partial charge in [-0.3, -0.25) is 0 Å². The summed E-state index contributed by atoms with van der Waals surface area (Å²) < 4.78 is 38.2. The molecule has 1 aromatic carbocycles. The third-order valence-electron chi connectivity index (χ3n) is 2.31. The number of aliphatic hydroxyl groups is 1. The van der Waals surface area contributed by atoms with E-state index in [1.807, 2.05) is 0 Å². The fourth-order valence-electron chi connectivity index (χ4n) is 1.18. The molecule has 1 aromatic rings. The summed E-state index contributed by atoms with van der Waals surface area (Å²) in [7, 11) is -2.43. The van der Waals surface area contributed by atoms with Crippen LogP contribution in [0.15, 0.2) is 23.1 Å². The molecule has 4 nitrogen and oxygen atoms in total. The summed E-state index contributed by atoms with van der Waals surface area (Å²) in [6.07, 6.45) is 0. The van der Waals surface area contributed by atoms with Gasteiger partial charge < -0.3 is 5.11 Å². The van der Waals surface area contributed by atoms with Crippen molar-refractivity contribution in [2.45, 2.75) is 18.4 Å². The highest BCUT2D eigenvalue weighted by Gasteiger charge is 2.23. The van der Waals surface area contributed by atoms with Crippen LogP contribution in [-0.4, -0.2) is 31.4 Å². The first-order valence-corrected chi connectivity index (χ1v) is 6.23. The van der Waals surface area contributed by atoms with Crippen molar-refractivity contribution >= 4 is 10.0 Å². The van der Waals surface area contributed by atoms with Crippen molar-refractivity contribution in [1.82, 2.24) is 4.31 Å². The van der Waals surface area contributed by atoms with Gasteiger partial charge in [-0.2, -0.15) is 0 Å². The SMILES string of the molecule is CCN(C)S(=O)(=O)c1cc(CO)ccc1F. The van der Waals surface area contributed by atoms with E-state index in [1.165, 1.54) is 13.1 Å². The molecule has 0 spiro atoms. The van der Waals surface area contributed by atoms with E-state index in [1.54, 1.807) is 6.92 Å². The Kier molecular flexibility index (Phi) is 4.01. The number of hydrogen-bond donors (Lipinski definition) is 1. The number of halogens is 1. The van der Waals surface area contributed by atoms with E-state index in [2.05, 4.69) is 0 Å². The van der Waals surface area contributed by atoms with E-state index in [9.17, 15) is 12.8 Å². The number of nitrogens with zero attached hydrogens (tertiary/aromatic N) is 1. The molecule has 0 aromatic heterocycles. The van der Waals surface area contributed by atoms with Gasteiger partial charge in [-0.25, -0.2) is 17.1 Å². The Balaban J connectivity index is 3.32. The van der Waals surface area contributed by atoms with Crippen LogP contribution in [0.5, 0.6) is 0 Å². The minimum absolute atomic E-state index is 0.255. The predicted octanol–water partition coefficient (Wildman–Crippen LogP) is 0.958. The van der Waals surface area contributed by atoms with Crippen LogP contribution in [0.4, 0.5) is 4.39 Å². The second-order valence-electron chi connectivity index (χ2n) is 3.34. The Morgan fingerprint density at radius 1 is 1.44 bits per heavy atom. The molecule has 1 N–H and O–H groups in total. The Morgan fingerprint density at radius 2 is 2.06 bits per heavy atom. The molecule has 0 radical (unpaired) electrons. The number of sulfonamides is 1. The summed E-state index contributed by atoms with van der Waals surface area (Å²) in [5.74, 6) is -0.808. The molecule has 1 rings (SSSR count).